The fraction of sp³-hybridized carbons (Fsp3) is 0.136. The highest BCUT2D eigenvalue weighted by molar-refractivity contribution is 7.92. The van der Waals surface area contributed by atoms with Crippen LogP contribution < -0.4 is 10.0 Å². The molecule has 174 valence electrons. The molecule has 0 saturated carbocycles. The number of rotatable bonds is 5. The predicted molar refractivity (Wildman–Crippen MR) is 123 cm³/mol. The monoisotopic (exact) mass is 516 g/mol. The Bertz CT molecular complexity index is 1340. The lowest BCUT2D eigenvalue weighted by Gasteiger charge is -2.14. The molecule has 0 bridgehead atoms. The van der Waals surface area contributed by atoms with E-state index in [0.717, 1.165) is 17.7 Å². The van der Waals surface area contributed by atoms with Crippen LogP contribution in [0, 0.1) is 13.8 Å². The fourth-order valence-electron chi connectivity index (χ4n) is 2.92. The van der Waals surface area contributed by atoms with E-state index in [1.54, 1.807) is 26.0 Å². The zero-order chi connectivity index (χ0) is 24.6. The molecule has 0 spiro atoms. The number of nitrogens with one attached hydrogen (secondary N) is 2. The van der Waals surface area contributed by atoms with Crippen LogP contribution in [0.5, 0.6) is 0 Å². The maximum absolute atomic E-state index is 13.1. The van der Waals surface area contributed by atoms with E-state index >= 15 is 0 Å². The first-order chi connectivity index (χ1) is 15.3. The molecule has 0 saturated heterocycles. The second-order valence-corrected chi connectivity index (χ2v) is 9.68. The lowest BCUT2D eigenvalue weighted by molar-refractivity contribution is -0.137. The number of sulfonamides is 1. The van der Waals surface area contributed by atoms with Gasteiger partial charge in [0.25, 0.3) is 15.9 Å². The maximum atomic E-state index is 13.1. The minimum Gasteiger partial charge on any atom is -0.322 e. The number of halogens is 5. The first-order valence-corrected chi connectivity index (χ1v) is 11.6. The van der Waals surface area contributed by atoms with Gasteiger partial charge in [0.15, 0.2) is 0 Å². The second kappa shape index (κ2) is 9.24. The summed E-state index contributed by atoms with van der Waals surface area (Å²) in [6.07, 6.45) is -4.71. The maximum Gasteiger partial charge on any atom is 0.417 e. The lowest BCUT2D eigenvalue weighted by Crippen LogP contribution is -2.17. The number of hydrogen-bond donors (Lipinski definition) is 2. The van der Waals surface area contributed by atoms with Crippen LogP contribution in [0.2, 0.25) is 10.0 Å². The average molecular weight is 517 g/mol. The summed E-state index contributed by atoms with van der Waals surface area (Å²) in [5.74, 6) is -0.828. The zero-order valence-corrected chi connectivity index (χ0v) is 19.5. The van der Waals surface area contributed by atoms with Crippen molar-refractivity contribution in [2.75, 3.05) is 10.0 Å². The van der Waals surface area contributed by atoms with Crippen LogP contribution in [0.25, 0.3) is 0 Å². The lowest BCUT2D eigenvalue weighted by atomic mass is 10.1. The van der Waals surface area contributed by atoms with E-state index in [2.05, 4.69) is 10.0 Å². The number of carbonyl (C=O) groups excluding carboxylic acids is 1. The number of benzene rings is 3. The van der Waals surface area contributed by atoms with Crippen molar-refractivity contribution < 1.29 is 26.4 Å². The smallest absolute Gasteiger partial charge is 0.322 e. The zero-order valence-electron chi connectivity index (χ0n) is 17.2. The molecule has 5 nitrogen and oxygen atoms in total. The van der Waals surface area contributed by atoms with E-state index in [1.807, 2.05) is 6.07 Å². The van der Waals surface area contributed by atoms with E-state index < -0.39 is 32.7 Å². The van der Waals surface area contributed by atoms with Gasteiger partial charge in [0.2, 0.25) is 0 Å². The molecule has 0 unspecified atom stereocenters. The summed E-state index contributed by atoms with van der Waals surface area (Å²) in [4.78, 5) is 12.3. The number of alkyl halides is 3. The fourth-order valence-corrected chi connectivity index (χ4v) is 4.79. The molecule has 0 aliphatic heterocycles. The molecule has 3 aromatic carbocycles. The molecular formula is C22H17Cl2F3N2O3S. The van der Waals surface area contributed by atoms with E-state index in [9.17, 15) is 26.4 Å². The Hall–Kier alpha value is -2.75. The van der Waals surface area contributed by atoms with Gasteiger partial charge in [-0.2, -0.15) is 13.2 Å². The van der Waals surface area contributed by atoms with Gasteiger partial charge in [-0.15, -0.1) is 0 Å². The molecule has 1 amide bonds. The SMILES string of the molecule is Cc1ccc(C)c(NS(=O)(=O)c2cc(C(=O)Nc3ccc(Cl)c(C(F)(F)F)c3)ccc2Cl)c1. The van der Waals surface area contributed by atoms with E-state index in [1.165, 1.54) is 18.2 Å². The summed E-state index contributed by atoms with van der Waals surface area (Å²) in [5, 5.41) is 1.66. The van der Waals surface area contributed by atoms with Crippen LogP contribution in [0.4, 0.5) is 24.5 Å². The quantitative estimate of drug-likeness (QED) is 0.397. The van der Waals surface area contributed by atoms with Crippen molar-refractivity contribution >= 4 is 50.5 Å². The first-order valence-electron chi connectivity index (χ1n) is 9.35. The van der Waals surface area contributed by atoms with E-state index in [-0.39, 0.29) is 21.2 Å². The van der Waals surface area contributed by atoms with Gasteiger partial charge in [-0.1, -0.05) is 35.3 Å². The molecule has 3 rings (SSSR count). The number of carbonyl (C=O) groups is 1. The van der Waals surface area contributed by atoms with Crippen LogP contribution >= 0.6 is 23.2 Å². The highest BCUT2D eigenvalue weighted by Gasteiger charge is 2.33. The summed E-state index contributed by atoms with van der Waals surface area (Å²) in [7, 11) is -4.17. The first kappa shape index (κ1) is 24.9. The number of aryl methyl sites for hydroxylation is 2. The third-order valence-electron chi connectivity index (χ3n) is 4.65. The van der Waals surface area contributed by atoms with Crippen molar-refractivity contribution in [3.63, 3.8) is 0 Å². The number of anilines is 2. The third-order valence-corrected chi connectivity index (χ3v) is 6.83. The number of amides is 1. The summed E-state index contributed by atoms with van der Waals surface area (Å²) in [5.41, 5.74) is 0.464. The van der Waals surface area contributed by atoms with Gasteiger partial charge in [-0.3, -0.25) is 9.52 Å². The Balaban J connectivity index is 1.91. The highest BCUT2D eigenvalue weighted by atomic mass is 35.5. The third kappa shape index (κ3) is 5.79. The Kier molecular flexibility index (Phi) is 6.97. The van der Waals surface area contributed by atoms with Crippen molar-refractivity contribution in [3.8, 4) is 0 Å². The molecule has 0 radical (unpaired) electrons. The normalized spacial score (nSPS) is 11.8. The number of hydrogen-bond acceptors (Lipinski definition) is 3. The molecule has 0 aromatic heterocycles. The standard InChI is InChI=1S/C22H17Cl2F3N2O3S/c1-12-3-4-13(2)19(9-12)29-33(31,32)20-10-14(5-7-18(20)24)21(30)28-15-6-8-17(23)16(11-15)22(25,26)27/h3-11,29H,1-2H3,(H,28,30). The van der Waals surface area contributed by atoms with E-state index in [4.69, 9.17) is 23.2 Å². The van der Waals surface area contributed by atoms with Crippen molar-refractivity contribution in [3.05, 3.63) is 86.9 Å². The topological polar surface area (TPSA) is 75.3 Å². The molecule has 0 heterocycles. The van der Waals surface area contributed by atoms with Crippen molar-refractivity contribution in [1.29, 1.82) is 0 Å². The summed E-state index contributed by atoms with van der Waals surface area (Å²) < 4.78 is 67.5. The van der Waals surface area contributed by atoms with E-state index in [0.29, 0.717) is 17.3 Å². The Morgan fingerprint density at radius 3 is 2.24 bits per heavy atom. The van der Waals surface area contributed by atoms with Crippen LogP contribution in [0.3, 0.4) is 0 Å². The van der Waals surface area contributed by atoms with Gasteiger partial charge in [-0.05, 0) is 67.4 Å². The molecule has 33 heavy (non-hydrogen) atoms. The molecular weight excluding hydrogens is 500 g/mol. The molecule has 0 atom stereocenters. The predicted octanol–water partition coefficient (Wildman–Crippen LogP) is 6.68. The largest absolute Gasteiger partial charge is 0.417 e. The molecule has 0 aliphatic rings. The van der Waals surface area contributed by atoms with Crippen LogP contribution in [0.1, 0.15) is 27.0 Å². The second-order valence-electron chi connectivity index (χ2n) is 7.22. The van der Waals surface area contributed by atoms with Crippen molar-refractivity contribution in [1.82, 2.24) is 0 Å². The van der Waals surface area contributed by atoms with Crippen LogP contribution in [0.15, 0.2) is 59.5 Å². The highest BCUT2D eigenvalue weighted by Crippen LogP contribution is 2.36. The Labute approximate surface area is 198 Å². The van der Waals surface area contributed by atoms with Gasteiger partial charge in [-0.25, -0.2) is 8.42 Å². The van der Waals surface area contributed by atoms with Gasteiger partial charge < -0.3 is 5.32 Å². The molecule has 11 heteroatoms. The molecule has 2 N–H and O–H groups in total. The average Bonchev–Trinajstić information content (AvgIpc) is 2.71. The van der Waals surface area contributed by atoms with Crippen LogP contribution in [-0.4, -0.2) is 14.3 Å². The Morgan fingerprint density at radius 1 is 0.909 bits per heavy atom. The molecule has 3 aromatic rings. The Morgan fingerprint density at radius 2 is 1.58 bits per heavy atom. The van der Waals surface area contributed by atoms with Gasteiger partial charge >= 0.3 is 6.18 Å². The minimum absolute atomic E-state index is 0.121. The minimum atomic E-state index is -4.71. The van der Waals surface area contributed by atoms with Crippen LogP contribution in [-0.2, 0) is 16.2 Å². The van der Waals surface area contributed by atoms with Gasteiger partial charge in [0, 0.05) is 11.3 Å². The summed E-state index contributed by atoms with van der Waals surface area (Å²) in [6.45, 7) is 3.53. The van der Waals surface area contributed by atoms with Crippen molar-refractivity contribution in [2.45, 2.75) is 24.9 Å². The molecule has 0 fully saturated rings. The van der Waals surface area contributed by atoms with Crippen molar-refractivity contribution in [2.24, 2.45) is 0 Å². The summed E-state index contributed by atoms with van der Waals surface area (Å²) in [6, 6.07) is 11.6. The summed E-state index contributed by atoms with van der Waals surface area (Å²) >= 11 is 11.7. The molecule has 0 aliphatic carbocycles. The van der Waals surface area contributed by atoms with Gasteiger partial charge in [0.1, 0.15) is 4.90 Å². The van der Waals surface area contributed by atoms with Gasteiger partial charge in [0.05, 0.1) is 21.3 Å².